The van der Waals surface area contributed by atoms with Gasteiger partial charge in [-0.15, -0.1) is 0 Å². The van der Waals surface area contributed by atoms with Crippen LogP contribution in [-0.4, -0.2) is 39.1 Å². The quantitative estimate of drug-likeness (QED) is 0.596. The molecule has 7 nitrogen and oxygen atoms in total. The standard InChI is InChI=1S/C25H31BrN4O3/c1-14-12-19(15(2)16(3)25(14,4)5)28-20-13-27-30(24(33)21(20)26)11-10-29-22(31)17-8-6-7-9-18(17)23(29)32/h6-9,13-16,19,28H,10-12H2,1-5H3/t14-,15+,16+,19+/m0/s1. The number of benzene rings is 1. The van der Waals surface area contributed by atoms with Crippen molar-refractivity contribution in [1.29, 1.82) is 0 Å². The summed E-state index contributed by atoms with van der Waals surface area (Å²) in [6, 6.07) is 7.00. The van der Waals surface area contributed by atoms with E-state index in [4.69, 9.17) is 0 Å². The van der Waals surface area contributed by atoms with Crippen molar-refractivity contribution in [2.45, 2.75) is 53.6 Å². The first-order valence-electron chi connectivity index (χ1n) is 11.5. The predicted octanol–water partition coefficient (Wildman–Crippen LogP) is 4.42. The molecule has 0 bridgehead atoms. The van der Waals surface area contributed by atoms with E-state index in [0.717, 1.165) is 6.42 Å². The minimum Gasteiger partial charge on any atom is -0.380 e. The van der Waals surface area contributed by atoms with Gasteiger partial charge in [-0.2, -0.15) is 5.10 Å². The Morgan fingerprint density at radius 2 is 1.67 bits per heavy atom. The van der Waals surface area contributed by atoms with E-state index in [-0.39, 0.29) is 41.9 Å². The van der Waals surface area contributed by atoms with E-state index < -0.39 is 0 Å². The van der Waals surface area contributed by atoms with Crippen molar-refractivity contribution in [1.82, 2.24) is 14.7 Å². The number of rotatable bonds is 5. The molecule has 2 amide bonds. The summed E-state index contributed by atoms with van der Waals surface area (Å²) < 4.78 is 1.70. The maximum Gasteiger partial charge on any atom is 0.283 e. The normalized spacial score (nSPS) is 26.4. The van der Waals surface area contributed by atoms with Crippen molar-refractivity contribution in [2.75, 3.05) is 11.9 Å². The smallest absolute Gasteiger partial charge is 0.283 e. The van der Waals surface area contributed by atoms with Crippen molar-refractivity contribution in [3.63, 3.8) is 0 Å². The molecular formula is C25H31BrN4O3. The van der Waals surface area contributed by atoms with Crippen molar-refractivity contribution in [3.8, 4) is 0 Å². The fraction of sp³-hybridized carbons (Fsp3) is 0.520. The lowest BCUT2D eigenvalue weighted by molar-refractivity contribution is 0.0316. The number of nitrogens with zero attached hydrogens (tertiary/aromatic N) is 3. The highest BCUT2D eigenvalue weighted by Gasteiger charge is 2.43. The molecule has 1 aliphatic heterocycles. The van der Waals surface area contributed by atoms with Crippen molar-refractivity contribution in [3.05, 3.63) is 56.4 Å². The maximum atomic E-state index is 13.0. The lowest BCUT2D eigenvalue weighted by Gasteiger charge is -2.50. The van der Waals surface area contributed by atoms with Crippen LogP contribution in [0.4, 0.5) is 5.69 Å². The molecule has 176 valence electrons. The summed E-state index contributed by atoms with van der Waals surface area (Å²) >= 11 is 3.45. The van der Waals surface area contributed by atoms with Gasteiger partial charge in [0.2, 0.25) is 0 Å². The lowest BCUT2D eigenvalue weighted by Crippen LogP contribution is -2.48. The first-order chi connectivity index (χ1) is 15.5. The minimum atomic E-state index is -0.335. The maximum absolute atomic E-state index is 13.0. The van der Waals surface area contributed by atoms with Crippen LogP contribution in [0.1, 0.15) is 61.8 Å². The van der Waals surface area contributed by atoms with E-state index in [2.05, 4.69) is 61.0 Å². The van der Waals surface area contributed by atoms with E-state index >= 15 is 0 Å². The summed E-state index contributed by atoms with van der Waals surface area (Å²) in [6.45, 7) is 11.7. The highest BCUT2D eigenvalue weighted by Crippen LogP contribution is 2.48. The van der Waals surface area contributed by atoms with Crippen molar-refractivity contribution < 1.29 is 9.59 Å². The van der Waals surface area contributed by atoms with Gasteiger partial charge in [0.25, 0.3) is 17.4 Å². The molecule has 2 heterocycles. The Morgan fingerprint density at radius 1 is 1.06 bits per heavy atom. The topological polar surface area (TPSA) is 84.3 Å². The Labute approximate surface area is 202 Å². The number of carbonyl (C=O) groups excluding carboxylic acids is 2. The average molecular weight is 515 g/mol. The van der Waals surface area contributed by atoms with Crippen molar-refractivity contribution in [2.24, 2.45) is 23.2 Å². The van der Waals surface area contributed by atoms with Crippen LogP contribution in [0.5, 0.6) is 0 Å². The first kappa shape index (κ1) is 23.7. The number of halogens is 1. The SMILES string of the molecule is C[C@@H]1[C@@H](C)C(C)(C)[C@@H](C)C[C@H]1Nc1cnn(CCN2C(=O)c3ccccc3C2=O)c(=O)c1Br. The summed E-state index contributed by atoms with van der Waals surface area (Å²) in [7, 11) is 0. The summed E-state index contributed by atoms with van der Waals surface area (Å²) in [5.41, 5.74) is 1.45. The second-order valence-electron chi connectivity index (χ2n) is 10.1. The third kappa shape index (κ3) is 4.03. The molecule has 0 spiro atoms. The first-order valence-corrected chi connectivity index (χ1v) is 12.3. The molecule has 4 rings (SSSR count). The van der Waals surface area contributed by atoms with Gasteiger partial charge in [0.15, 0.2) is 0 Å². The number of carbonyl (C=O) groups is 2. The van der Waals surface area contributed by atoms with Crippen LogP contribution >= 0.6 is 15.9 Å². The molecule has 0 unspecified atom stereocenters. The summed E-state index contributed by atoms with van der Waals surface area (Å²) in [5, 5.41) is 7.87. The van der Waals surface area contributed by atoms with E-state index in [1.54, 1.807) is 30.5 Å². The number of fused-ring (bicyclic) bond motifs is 1. The number of nitrogens with one attached hydrogen (secondary N) is 1. The van der Waals surface area contributed by atoms with Gasteiger partial charge < -0.3 is 5.32 Å². The van der Waals surface area contributed by atoms with Crippen LogP contribution in [0.25, 0.3) is 0 Å². The van der Waals surface area contributed by atoms with Crippen LogP contribution in [0.2, 0.25) is 0 Å². The van der Waals surface area contributed by atoms with E-state index in [0.29, 0.717) is 39.0 Å². The fourth-order valence-corrected chi connectivity index (χ4v) is 5.55. The Kier molecular flexibility index (Phi) is 6.24. The minimum absolute atomic E-state index is 0.0856. The second-order valence-corrected chi connectivity index (χ2v) is 10.9. The van der Waals surface area contributed by atoms with Crippen LogP contribution in [0.3, 0.4) is 0 Å². The van der Waals surface area contributed by atoms with E-state index in [1.807, 2.05) is 0 Å². The van der Waals surface area contributed by atoms with Gasteiger partial charge in [-0.3, -0.25) is 19.3 Å². The number of hydrogen-bond donors (Lipinski definition) is 1. The van der Waals surface area contributed by atoms with E-state index in [9.17, 15) is 14.4 Å². The zero-order valence-electron chi connectivity index (χ0n) is 19.8. The van der Waals surface area contributed by atoms with Gasteiger partial charge in [-0.25, -0.2) is 4.68 Å². The van der Waals surface area contributed by atoms with E-state index in [1.165, 1.54) is 9.58 Å². The van der Waals surface area contributed by atoms with Gasteiger partial charge in [-0.05, 0) is 57.7 Å². The second kappa shape index (κ2) is 8.70. The van der Waals surface area contributed by atoms with Crippen LogP contribution < -0.4 is 10.9 Å². The molecule has 0 saturated heterocycles. The molecule has 2 aliphatic rings. The van der Waals surface area contributed by atoms with Gasteiger partial charge >= 0.3 is 0 Å². The number of hydrogen-bond acceptors (Lipinski definition) is 5. The van der Waals surface area contributed by atoms with Crippen LogP contribution in [-0.2, 0) is 6.54 Å². The molecule has 1 aromatic carbocycles. The average Bonchev–Trinajstić information content (AvgIpc) is 3.03. The Hall–Kier alpha value is -2.48. The number of aromatic nitrogens is 2. The molecule has 8 heteroatoms. The summed E-state index contributed by atoms with van der Waals surface area (Å²) in [5.74, 6) is 0.856. The highest BCUT2D eigenvalue weighted by atomic mass is 79.9. The third-order valence-electron chi connectivity index (χ3n) is 8.21. The Balaban J connectivity index is 1.47. The van der Waals surface area contributed by atoms with Gasteiger partial charge in [0.1, 0.15) is 4.47 Å². The Morgan fingerprint density at radius 3 is 2.27 bits per heavy atom. The van der Waals surface area contributed by atoms with Gasteiger partial charge in [0.05, 0.1) is 29.6 Å². The monoisotopic (exact) mass is 514 g/mol. The number of anilines is 1. The highest BCUT2D eigenvalue weighted by molar-refractivity contribution is 9.10. The number of imide groups is 1. The van der Waals surface area contributed by atoms with Crippen LogP contribution in [0.15, 0.2) is 39.7 Å². The summed E-state index contributed by atoms with van der Waals surface area (Å²) in [6.07, 6.45) is 2.67. The molecule has 4 atom stereocenters. The molecule has 1 aliphatic carbocycles. The predicted molar refractivity (Wildman–Crippen MR) is 131 cm³/mol. The van der Waals surface area contributed by atoms with Crippen LogP contribution in [0, 0.1) is 23.2 Å². The number of amides is 2. The summed E-state index contributed by atoms with van der Waals surface area (Å²) in [4.78, 5) is 39.3. The lowest BCUT2D eigenvalue weighted by atomic mass is 9.58. The molecule has 33 heavy (non-hydrogen) atoms. The van der Waals surface area contributed by atoms with Crippen molar-refractivity contribution >= 4 is 33.4 Å². The largest absolute Gasteiger partial charge is 0.380 e. The zero-order chi connectivity index (χ0) is 24.1. The van der Waals surface area contributed by atoms with Gasteiger partial charge in [-0.1, -0.05) is 46.8 Å². The fourth-order valence-electron chi connectivity index (χ4n) is 5.13. The molecule has 1 fully saturated rings. The molecule has 1 saturated carbocycles. The molecule has 0 radical (unpaired) electrons. The molecular weight excluding hydrogens is 484 g/mol. The molecule has 1 aromatic heterocycles. The third-order valence-corrected chi connectivity index (χ3v) is 8.98. The Bertz CT molecular complexity index is 1120. The zero-order valence-corrected chi connectivity index (χ0v) is 21.3. The van der Waals surface area contributed by atoms with Gasteiger partial charge in [0, 0.05) is 12.6 Å². The molecule has 2 aromatic rings. The molecule has 1 N–H and O–H groups in total.